The predicted molar refractivity (Wildman–Crippen MR) is 51.9 cm³/mol. The highest BCUT2D eigenvalue weighted by Gasteiger charge is 2.03. The standard InChI is InChI=1S/C9H9NOS/c1-5-3-6(2)8-7(4-5)9(11)12-10-8/h3-4,10H,1-2H3. The van der Waals surface area contributed by atoms with E-state index in [0.29, 0.717) is 0 Å². The van der Waals surface area contributed by atoms with Crippen LogP contribution in [0.5, 0.6) is 0 Å². The van der Waals surface area contributed by atoms with Crippen molar-refractivity contribution in [2.45, 2.75) is 13.8 Å². The highest BCUT2D eigenvalue weighted by atomic mass is 32.1. The van der Waals surface area contributed by atoms with Gasteiger partial charge in [0.25, 0.3) is 4.74 Å². The molecule has 1 aromatic heterocycles. The molecule has 0 amide bonds. The summed E-state index contributed by atoms with van der Waals surface area (Å²) in [5, 5.41) is 0.817. The maximum absolute atomic E-state index is 11.3. The van der Waals surface area contributed by atoms with Crippen molar-refractivity contribution in [3.05, 3.63) is 32.8 Å². The SMILES string of the molecule is Cc1cc(C)c2[nH]sc(=O)c2c1. The lowest BCUT2D eigenvalue weighted by atomic mass is 10.1. The van der Waals surface area contributed by atoms with Crippen molar-refractivity contribution >= 4 is 22.4 Å². The average Bonchev–Trinajstić information content (AvgIpc) is 2.33. The number of hydrogen-bond donors (Lipinski definition) is 1. The molecule has 12 heavy (non-hydrogen) atoms. The summed E-state index contributed by atoms with van der Waals surface area (Å²) < 4.78 is 3.13. The van der Waals surface area contributed by atoms with E-state index in [1.165, 1.54) is 0 Å². The van der Waals surface area contributed by atoms with E-state index >= 15 is 0 Å². The molecule has 0 saturated heterocycles. The van der Waals surface area contributed by atoms with Crippen LogP contribution in [-0.2, 0) is 0 Å². The second kappa shape index (κ2) is 2.45. The fourth-order valence-electron chi connectivity index (χ4n) is 1.42. The van der Waals surface area contributed by atoms with Crippen molar-refractivity contribution in [1.82, 2.24) is 4.37 Å². The number of aromatic nitrogens is 1. The molecule has 1 heterocycles. The molecular weight excluding hydrogens is 170 g/mol. The zero-order valence-electron chi connectivity index (χ0n) is 6.97. The van der Waals surface area contributed by atoms with Crippen molar-refractivity contribution in [1.29, 1.82) is 0 Å². The lowest BCUT2D eigenvalue weighted by Gasteiger charge is -1.96. The normalized spacial score (nSPS) is 10.8. The number of fused-ring (bicyclic) bond motifs is 1. The molecule has 3 heteroatoms. The molecule has 62 valence electrons. The largest absolute Gasteiger partial charge is 0.307 e. The van der Waals surface area contributed by atoms with Crippen LogP contribution in [0.3, 0.4) is 0 Å². The number of H-pyrrole nitrogens is 1. The summed E-state index contributed by atoms with van der Waals surface area (Å²) in [4.78, 5) is 11.3. The number of aryl methyl sites for hydroxylation is 2. The minimum atomic E-state index is 0.122. The van der Waals surface area contributed by atoms with E-state index in [-0.39, 0.29) is 4.74 Å². The van der Waals surface area contributed by atoms with Gasteiger partial charge in [0.2, 0.25) is 0 Å². The van der Waals surface area contributed by atoms with Crippen molar-refractivity contribution < 1.29 is 0 Å². The molecule has 0 unspecified atom stereocenters. The second-order valence-electron chi connectivity index (χ2n) is 3.00. The van der Waals surface area contributed by atoms with Gasteiger partial charge in [0, 0.05) is 0 Å². The van der Waals surface area contributed by atoms with Gasteiger partial charge in [-0.2, -0.15) is 0 Å². The molecule has 0 saturated carbocycles. The number of rotatable bonds is 0. The molecule has 0 radical (unpaired) electrons. The van der Waals surface area contributed by atoms with Crippen LogP contribution in [0.1, 0.15) is 11.1 Å². The molecule has 0 bridgehead atoms. The van der Waals surface area contributed by atoms with E-state index in [1.807, 2.05) is 19.9 Å². The van der Waals surface area contributed by atoms with Crippen LogP contribution in [0.25, 0.3) is 10.9 Å². The Morgan fingerprint density at radius 3 is 2.83 bits per heavy atom. The van der Waals surface area contributed by atoms with E-state index < -0.39 is 0 Å². The van der Waals surface area contributed by atoms with Crippen LogP contribution in [0, 0.1) is 13.8 Å². The molecule has 2 aromatic rings. The summed E-state index contributed by atoms with van der Waals surface area (Å²) in [6.07, 6.45) is 0. The Hall–Kier alpha value is -1.09. The monoisotopic (exact) mass is 179 g/mol. The van der Waals surface area contributed by atoms with E-state index in [1.54, 1.807) is 0 Å². The van der Waals surface area contributed by atoms with Gasteiger partial charge in [-0.05, 0) is 42.6 Å². The average molecular weight is 179 g/mol. The Bertz CT molecular complexity index is 481. The van der Waals surface area contributed by atoms with Crippen LogP contribution in [0.2, 0.25) is 0 Å². The van der Waals surface area contributed by atoms with Crippen LogP contribution in [-0.4, -0.2) is 4.37 Å². The third kappa shape index (κ3) is 0.975. The molecule has 1 aromatic carbocycles. The summed E-state index contributed by atoms with van der Waals surface area (Å²) in [6, 6.07) is 4.00. The van der Waals surface area contributed by atoms with Gasteiger partial charge in [0.05, 0.1) is 10.9 Å². The molecule has 0 spiro atoms. The van der Waals surface area contributed by atoms with Crippen molar-refractivity contribution in [3.8, 4) is 0 Å². The highest BCUT2D eigenvalue weighted by Crippen LogP contribution is 2.16. The van der Waals surface area contributed by atoms with Gasteiger partial charge in [0.1, 0.15) is 0 Å². The Morgan fingerprint density at radius 2 is 2.08 bits per heavy atom. The van der Waals surface area contributed by atoms with Gasteiger partial charge in [-0.15, -0.1) is 0 Å². The van der Waals surface area contributed by atoms with Crippen molar-refractivity contribution in [2.24, 2.45) is 0 Å². The fraction of sp³-hybridized carbons (Fsp3) is 0.222. The topological polar surface area (TPSA) is 32.9 Å². The van der Waals surface area contributed by atoms with Crippen molar-refractivity contribution in [2.75, 3.05) is 0 Å². The lowest BCUT2D eigenvalue weighted by molar-refractivity contribution is 1.41. The zero-order valence-corrected chi connectivity index (χ0v) is 7.79. The fourth-order valence-corrected chi connectivity index (χ4v) is 2.15. The molecule has 0 fully saturated rings. The van der Waals surface area contributed by atoms with Crippen LogP contribution < -0.4 is 4.74 Å². The maximum atomic E-state index is 11.3. The maximum Gasteiger partial charge on any atom is 0.257 e. The molecule has 0 aliphatic heterocycles. The predicted octanol–water partition coefficient (Wildman–Crippen LogP) is 2.21. The molecule has 0 aliphatic carbocycles. The molecule has 0 atom stereocenters. The number of benzene rings is 1. The third-order valence-corrected chi connectivity index (χ3v) is 2.66. The zero-order chi connectivity index (χ0) is 8.72. The number of nitrogens with one attached hydrogen (secondary N) is 1. The molecule has 2 nitrogen and oxygen atoms in total. The first-order chi connectivity index (χ1) is 5.68. The first-order valence-corrected chi connectivity index (χ1v) is 4.58. The molecule has 1 N–H and O–H groups in total. The first-order valence-electron chi connectivity index (χ1n) is 3.77. The summed E-state index contributed by atoms with van der Waals surface area (Å²) in [5.74, 6) is 0. The van der Waals surface area contributed by atoms with E-state index in [4.69, 9.17) is 0 Å². The van der Waals surface area contributed by atoms with Crippen LogP contribution in [0.4, 0.5) is 0 Å². The molecule has 0 aliphatic rings. The minimum Gasteiger partial charge on any atom is -0.307 e. The van der Waals surface area contributed by atoms with Gasteiger partial charge in [-0.1, -0.05) is 6.07 Å². The number of aromatic amines is 1. The van der Waals surface area contributed by atoms with Gasteiger partial charge < -0.3 is 4.37 Å². The van der Waals surface area contributed by atoms with Gasteiger partial charge in [-0.3, -0.25) is 4.79 Å². The summed E-state index contributed by atoms with van der Waals surface area (Å²) >= 11 is 1.16. The van der Waals surface area contributed by atoms with E-state index in [9.17, 15) is 4.79 Å². The minimum absolute atomic E-state index is 0.122. The summed E-state index contributed by atoms with van der Waals surface area (Å²) in [5.41, 5.74) is 3.27. The van der Waals surface area contributed by atoms with Crippen LogP contribution in [0.15, 0.2) is 16.9 Å². The third-order valence-electron chi connectivity index (χ3n) is 1.95. The lowest BCUT2D eigenvalue weighted by Crippen LogP contribution is -1.89. The van der Waals surface area contributed by atoms with E-state index in [0.717, 1.165) is 33.6 Å². The Morgan fingerprint density at radius 1 is 1.33 bits per heavy atom. The first kappa shape index (κ1) is 7.55. The van der Waals surface area contributed by atoms with Gasteiger partial charge in [0.15, 0.2) is 0 Å². The van der Waals surface area contributed by atoms with Gasteiger partial charge >= 0.3 is 0 Å². The van der Waals surface area contributed by atoms with Crippen LogP contribution >= 0.6 is 11.5 Å². The quantitative estimate of drug-likeness (QED) is 0.660. The second-order valence-corrected chi connectivity index (χ2v) is 3.78. The summed E-state index contributed by atoms with van der Waals surface area (Å²) in [7, 11) is 0. The Labute approximate surface area is 74.0 Å². The Kier molecular flexibility index (Phi) is 1.54. The van der Waals surface area contributed by atoms with Gasteiger partial charge in [-0.25, -0.2) is 0 Å². The number of hydrogen-bond acceptors (Lipinski definition) is 2. The van der Waals surface area contributed by atoms with E-state index in [2.05, 4.69) is 10.4 Å². The molecular formula is C9H9NOS. The van der Waals surface area contributed by atoms with Crippen molar-refractivity contribution in [3.63, 3.8) is 0 Å². The smallest absolute Gasteiger partial charge is 0.257 e. The highest BCUT2D eigenvalue weighted by molar-refractivity contribution is 7.04. The molecule has 2 rings (SSSR count). The summed E-state index contributed by atoms with van der Waals surface area (Å²) in [6.45, 7) is 4.02. The Balaban J connectivity index is 3.02.